The van der Waals surface area contributed by atoms with Gasteiger partial charge in [0.2, 0.25) is 0 Å². The molecule has 2 aromatic carbocycles. The van der Waals surface area contributed by atoms with Crippen LogP contribution in [0.25, 0.3) is 17.0 Å². The van der Waals surface area contributed by atoms with Crippen molar-refractivity contribution >= 4 is 35.0 Å². The van der Waals surface area contributed by atoms with E-state index >= 15 is 0 Å². The Labute approximate surface area is 203 Å². The molecule has 3 aromatic rings. The minimum atomic E-state index is -4.86. The van der Waals surface area contributed by atoms with Crippen molar-refractivity contribution in [2.75, 3.05) is 0 Å². The summed E-state index contributed by atoms with van der Waals surface area (Å²) in [4.78, 5) is 28.6. The fourth-order valence-electron chi connectivity index (χ4n) is 3.76. The molecule has 1 aromatic heterocycles. The van der Waals surface area contributed by atoms with E-state index in [0.29, 0.717) is 40.7 Å². The van der Waals surface area contributed by atoms with E-state index in [2.05, 4.69) is 27.4 Å². The average molecular weight is 496 g/mol. The number of benzene rings is 2. The van der Waals surface area contributed by atoms with Crippen molar-refractivity contribution in [2.24, 2.45) is 5.10 Å². The highest BCUT2D eigenvalue weighted by Crippen LogP contribution is 2.32. The molecule has 1 aliphatic rings. The van der Waals surface area contributed by atoms with Crippen LogP contribution in [0.4, 0.5) is 17.6 Å². The smallest absolute Gasteiger partial charge is 0.354 e. The first kappa shape index (κ1) is 24.6. The van der Waals surface area contributed by atoms with Crippen LogP contribution in [0.15, 0.2) is 66.3 Å². The maximum absolute atomic E-state index is 13.5. The molecule has 10 heteroatoms. The average Bonchev–Trinajstić information content (AvgIpc) is 3.09. The monoisotopic (exact) mass is 496 g/mol. The number of carbonyl (C=O) groups excluding carboxylic acids is 2. The predicted octanol–water partition coefficient (Wildman–Crippen LogP) is 5.48. The summed E-state index contributed by atoms with van der Waals surface area (Å²) < 4.78 is 52.5. The van der Waals surface area contributed by atoms with Gasteiger partial charge >= 0.3 is 6.18 Å². The molecular formula is C26H20F4N4O2. The first-order chi connectivity index (χ1) is 17.2. The van der Waals surface area contributed by atoms with Gasteiger partial charge in [-0.1, -0.05) is 30.4 Å². The van der Waals surface area contributed by atoms with E-state index in [0.717, 1.165) is 6.07 Å². The summed E-state index contributed by atoms with van der Waals surface area (Å²) >= 11 is 0. The van der Waals surface area contributed by atoms with Crippen molar-refractivity contribution in [3.8, 4) is 0 Å². The lowest BCUT2D eigenvalue weighted by Gasteiger charge is -2.11. The number of aromatic nitrogens is 1. The number of allylic oxidation sites excluding steroid dienone is 4. The Balaban J connectivity index is 1.63. The van der Waals surface area contributed by atoms with Crippen LogP contribution in [0.1, 0.15) is 49.5 Å². The fraction of sp³-hybridized carbons (Fsp3) is 0.115. The number of hydrazone groups is 1. The van der Waals surface area contributed by atoms with Crippen molar-refractivity contribution in [1.82, 2.24) is 15.7 Å². The molecule has 0 spiro atoms. The number of rotatable bonds is 7. The van der Waals surface area contributed by atoms with Crippen LogP contribution in [-0.2, 0) is 12.7 Å². The molecule has 2 amide bonds. The number of alkyl halides is 3. The van der Waals surface area contributed by atoms with Gasteiger partial charge in [-0.25, -0.2) is 9.82 Å². The van der Waals surface area contributed by atoms with Gasteiger partial charge in [0.15, 0.2) is 0 Å². The van der Waals surface area contributed by atoms with E-state index in [1.807, 2.05) is 18.2 Å². The number of nitrogens with one attached hydrogen (secondary N) is 3. The second-order valence-corrected chi connectivity index (χ2v) is 7.90. The molecule has 0 fully saturated rings. The summed E-state index contributed by atoms with van der Waals surface area (Å²) in [6.45, 7) is 3.37. The van der Waals surface area contributed by atoms with Gasteiger partial charge in [0.05, 0.1) is 17.3 Å². The summed E-state index contributed by atoms with van der Waals surface area (Å²) in [5, 5.41) is 7.03. The second-order valence-electron chi connectivity index (χ2n) is 7.90. The van der Waals surface area contributed by atoms with Crippen LogP contribution in [-0.4, -0.2) is 23.0 Å². The predicted molar refractivity (Wildman–Crippen MR) is 129 cm³/mol. The minimum Gasteiger partial charge on any atom is -0.354 e. The zero-order valence-corrected chi connectivity index (χ0v) is 18.7. The van der Waals surface area contributed by atoms with Gasteiger partial charge in [-0.3, -0.25) is 9.59 Å². The highest BCUT2D eigenvalue weighted by atomic mass is 19.4. The third kappa shape index (κ3) is 5.12. The van der Waals surface area contributed by atoms with Gasteiger partial charge in [0.1, 0.15) is 5.82 Å². The molecule has 6 nitrogen and oxygen atoms in total. The molecule has 1 aliphatic heterocycles. The van der Waals surface area contributed by atoms with Crippen molar-refractivity contribution in [1.29, 1.82) is 0 Å². The number of carbonyl (C=O) groups is 2. The number of amides is 2. The normalized spacial score (nSPS) is 13.4. The molecule has 2 heterocycles. The lowest BCUT2D eigenvalue weighted by atomic mass is 10.0. The Hall–Kier alpha value is -4.47. The molecule has 0 atom stereocenters. The number of nitrogens with zero attached hydrogens (tertiary/aromatic N) is 1. The molecule has 0 bridgehead atoms. The third-order valence-corrected chi connectivity index (χ3v) is 5.44. The third-order valence-electron chi connectivity index (χ3n) is 5.44. The van der Waals surface area contributed by atoms with E-state index in [1.165, 1.54) is 12.3 Å². The van der Waals surface area contributed by atoms with Gasteiger partial charge in [-0.2, -0.15) is 18.3 Å². The van der Waals surface area contributed by atoms with Gasteiger partial charge in [-0.15, -0.1) is 6.58 Å². The molecule has 0 unspecified atom stereocenters. The maximum atomic E-state index is 13.5. The van der Waals surface area contributed by atoms with Crippen molar-refractivity contribution < 1.29 is 27.2 Å². The maximum Gasteiger partial charge on any atom is 0.419 e. The van der Waals surface area contributed by atoms with Crippen LogP contribution in [0, 0.1) is 5.82 Å². The summed E-state index contributed by atoms with van der Waals surface area (Å²) in [6, 6.07) is 5.45. The lowest BCUT2D eigenvalue weighted by Crippen LogP contribution is -2.24. The van der Waals surface area contributed by atoms with Gasteiger partial charge in [-0.05, 0) is 42.3 Å². The summed E-state index contributed by atoms with van der Waals surface area (Å²) in [5.74, 6) is -2.53. The van der Waals surface area contributed by atoms with Crippen LogP contribution < -0.4 is 10.7 Å². The zero-order valence-electron chi connectivity index (χ0n) is 18.7. The van der Waals surface area contributed by atoms with Crippen LogP contribution in [0.2, 0.25) is 0 Å². The second kappa shape index (κ2) is 10.0. The fourth-order valence-corrected chi connectivity index (χ4v) is 3.76. The number of hydrogen-bond acceptors (Lipinski definition) is 3. The first-order valence-corrected chi connectivity index (χ1v) is 10.8. The Kier molecular flexibility index (Phi) is 6.86. The standard InChI is InChI=1S/C26H20F4N4O2/c1-2-3-4-5-6-7-21-18-14-32-34-25(36)17-11-16(12-22(33-21)23(17)18)24(35)31-13-15-8-9-20(27)19(10-15)26(28,29)30/h2,4-12,14,33H,1,3,13H2,(H,31,35)(H,34,36)/b5-4?,7-6+. The molecule has 4 rings (SSSR count). The SMILES string of the molecule is C=CCC=C/C=C/c1[nH]c2cc(C(=O)NCc3ccc(F)c(C(F)(F)F)c3)cc3c2c1C=NNC3=O. The van der Waals surface area contributed by atoms with Crippen LogP contribution in [0.5, 0.6) is 0 Å². The van der Waals surface area contributed by atoms with E-state index in [-0.39, 0.29) is 23.2 Å². The van der Waals surface area contributed by atoms with Crippen molar-refractivity contribution in [3.05, 3.63) is 101 Å². The summed E-state index contributed by atoms with van der Waals surface area (Å²) in [5.41, 5.74) is 3.21. The molecule has 36 heavy (non-hydrogen) atoms. The molecule has 0 saturated heterocycles. The zero-order chi connectivity index (χ0) is 25.9. The number of hydrogen-bond donors (Lipinski definition) is 3. The largest absolute Gasteiger partial charge is 0.419 e. The van der Waals surface area contributed by atoms with Gasteiger partial charge in [0, 0.05) is 34.3 Å². The number of halogens is 4. The topological polar surface area (TPSA) is 86.3 Å². The summed E-state index contributed by atoms with van der Waals surface area (Å²) in [6.07, 6.45) is 6.48. The molecule has 3 N–H and O–H groups in total. The molecule has 184 valence electrons. The number of aromatic amines is 1. The van der Waals surface area contributed by atoms with Crippen LogP contribution in [0.3, 0.4) is 0 Å². The van der Waals surface area contributed by atoms with E-state index in [1.54, 1.807) is 18.2 Å². The quantitative estimate of drug-likeness (QED) is 0.230. The van der Waals surface area contributed by atoms with Crippen molar-refractivity contribution in [2.45, 2.75) is 19.1 Å². The summed E-state index contributed by atoms with van der Waals surface area (Å²) in [7, 11) is 0. The Morgan fingerprint density at radius 3 is 2.72 bits per heavy atom. The highest BCUT2D eigenvalue weighted by Gasteiger charge is 2.34. The Bertz CT molecular complexity index is 1450. The first-order valence-electron chi connectivity index (χ1n) is 10.8. The Morgan fingerprint density at radius 1 is 1.17 bits per heavy atom. The van der Waals surface area contributed by atoms with Gasteiger partial charge < -0.3 is 10.3 Å². The number of H-pyrrole nitrogens is 1. The lowest BCUT2D eigenvalue weighted by molar-refractivity contribution is -0.140. The molecule has 0 saturated carbocycles. The highest BCUT2D eigenvalue weighted by molar-refractivity contribution is 6.17. The van der Waals surface area contributed by atoms with E-state index < -0.39 is 29.4 Å². The minimum absolute atomic E-state index is 0.0709. The van der Waals surface area contributed by atoms with E-state index in [4.69, 9.17) is 0 Å². The van der Waals surface area contributed by atoms with Crippen molar-refractivity contribution in [3.63, 3.8) is 0 Å². The molecular weight excluding hydrogens is 476 g/mol. The van der Waals surface area contributed by atoms with E-state index in [9.17, 15) is 27.2 Å². The molecule has 0 aliphatic carbocycles. The Morgan fingerprint density at radius 2 is 1.97 bits per heavy atom. The van der Waals surface area contributed by atoms with Crippen LogP contribution >= 0.6 is 0 Å². The molecule has 0 radical (unpaired) electrons. The van der Waals surface area contributed by atoms with Gasteiger partial charge in [0.25, 0.3) is 11.8 Å².